The number of hydrogen-bond acceptors (Lipinski definition) is 4. The van der Waals surface area contributed by atoms with Crippen molar-refractivity contribution in [3.63, 3.8) is 0 Å². The van der Waals surface area contributed by atoms with Crippen molar-refractivity contribution in [3.05, 3.63) is 78.6 Å². The summed E-state index contributed by atoms with van der Waals surface area (Å²) in [6, 6.07) is 13.3. The Morgan fingerprint density at radius 3 is 2.00 bits per heavy atom. The minimum atomic E-state index is -3.63. The average Bonchev–Trinajstić information content (AvgIpc) is 3.15. The standard InChI is InChI=1S/C23H19F2N3O2S/c1-3-31(29,30)21-12-17(15-4-8-18(24)9-5-15)13-26-22(21)23-27-14-20(28(23)2)16-6-10-19(25)11-7-16/h4-14H,3H2,1-2H3. The minimum Gasteiger partial charge on any atom is -0.326 e. The van der Waals surface area contributed by atoms with Crippen molar-refractivity contribution in [1.29, 1.82) is 0 Å². The predicted molar refractivity (Wildman–Crippen MR) is 115 cm³/mol. The molecule has 2 aromatic carbocycles. The van der Waals surface area contributed by atoms with E-state index in [9.17, 15) is 17.2 Å². The topological polar surface area (TPSA) is 64.8 Å². The maximum absolute atomic E-state index is 13.3. The van der Waals surface area contributed by atoms with E-state index >= 15 is 0 Å². The molecule has 5 nitrogen and oxygen atoms in total. The first-order valence-corrected chi connectivity index (χ1v) is 11.2. The molecule has 0 saturated heterocycles. The Hall–Kier alpha value is -3.39. The summed E-state index contributed by atoms with van der Waals surface area (Å²) in [5, 5.41) is 0. The highest BCUT2D eigenvalue weighted by molar-refractivity contribution is 7.91. The molecule has 0 fully saturated rings. The lowest BCUT2D eigenvalue weighted by Crippen LogP contribution is -2.09. The minimum absolute atomic E-state index is 0.0520. The summed E-state index contributed by atoms with van der Waals surface area (Å²) in [5.74, 6) is -0.461. The normalized spacial score (nSPS) is 11.6. The molecular formula is C23H19F2N3O2S. The average molecular weight is 439 g/mol. The van der Waals surface area contributed by atoms with E-state index in [-0.39, 0.29) is 28.0 Å². The highest BCUT2D eigenvalue weighted by Crippen LogP contribution is 2.32. The van der Waals surface area contributed by atoms with Gasteiger partial charge in [-0.15, -0.1) is 0 Å². The Labute approximate surface area is 179 Å². The van der Waals surface area contributed by atoms with Gasteiger partial charge in [-0.25, -0.2) is 22.2 Å². The maximum Gasteiger partial charge on any atom is 0.180 e. The van der Waals surface area contributed by atoms with E-state index in [4.69, 9.17) is 0 Å². The molecule has 0 aliphatic rings. The van der Waals surface area contributed by atoms with E-state index < -0.39 is 9.84 Å². The molecule has 2 aromatic heterocycles. The van der Waals surface area contributed by atoms with Gasteiger partial charge in [0.25, 0.3) is 0 Å². The van der Waals surface area contributed by atoms with E-state index in [1.165, 1.54) is 24.3 Å². The molecule has 0 amide bonds. The Morgan fingerprint density at radius 2 is 1.42 bits per heavy atom. The Morgan fingerprint density at radius 1 is 0.839 bits per heavy atom. The van der Waals surface area contributed by atoms with Crippen LogP contribution in [0.15, 0.2) is 71.9 Å². The predicted octanol–water partition coefficient (Wildman–Crippen LogP) is 4.89. The van der Waals surface area contributed by atoms with Gasteiger partial charge in [0.2, 0.25) is 0 Å². The molecule has 0 spiro atoms. The van der Waals surface area contributed by atoms with Gasteiger partial charge < -0.3 is 4.57 Å². The van der Waals surface area contributed by atoms with E-state index in [2.05, 4.69) is 9.97 Å². The van der Waals surface area contributed by atoms with E-state index in [0.717, 1.165) is 5.56 Å². The summed E-state index contributed by atoms with van der Waals surface area (Å²) in [5.41, 5.74) is 2.87. The van der Waals surface area contributed by atoms with Gasteiger partial charge in [0, 0.05) is 18.8 Å². The lowest BCUT2D eigenvalue weighted by molar-refractivity contribution is 0.597. The van der Waals surface area contributed by atoms with Crippen LogP contribution in [0.5, 0.6) is 0 Å². The van der Waals surface area contributed by atoms with Crippen molar-refractivity contribution >= 4 is 9.84 Å². The number of benzene rings is 2. The molecule has 31 heavy (non-hydrogen) atoms. The van der Waals surface area contributed by atoms with Crippen molar-refractivity contribution in [2.24, 2.45) is 7.05 Å². The van der Waals surface area contributed by atoms with Crippen molar-refractivity contribution in [3.8, 4) is 33.9 Å². The zero-order valence-corrected chi connectivity index (χ0v) is 17.7. The number of rotatable bonds is 5. The zero-order valence-electron chi connectivity index (χ0n) is 16.9. The van der Waals surface area contributed by atoms with Crippen LogP contribution in [0.4, 0.5) is 8.78 Å². The van der Waals surface area contributed by atoms with Gasteiger partial charge in [-0.3, -0.25) is 4.98 Å². The first-order valence-electron chi connectivity index (χ1n) is 9.57. The Kier molecular flexibility index (Phi) is 5.41. The maximum atomic E-state index is 13.3. The second-order valence-corrected chi connectivity index (χ2v) is 9.26. The summed E-state index contributed by atoms with van der Waals surface area (Å²) in [4.78, 5) is 8.88. The van der Waals surface area contributed by atoms with Gasteiger partial charge in [0.05, 0.1) is 22.5 Å². The van der Waals surface area contributed by atoms with Crippen molar-refractivity contribution in [2.45, 2.75) is 11.8 Å². The van der Waals surface area contributed by atoms with E-state index in [0.29, 0.717) is 22.6 Å². The number of nitrogens with zero attached hydrogens (tertiary/aromatic N) is 3. The number of pyridine rings is 1. The summed E-state index contributed by atoms with van der Waals surface area (Å²) in [6.45, 7) is 1.56. The lowest BCUT2D eigenvalue weighted by atomic mass is 10.1. The third-order valence-corrected chi connectivity index (χ3v) is 6.83. The number of sulfone groups is 1. The molecular weight excluding hydrogens is 420 g/mol. The first-order chi connectivity index (χ1) is 14.8. The van der Waals surface area contributed by atoms with Crippen LogP contribution in [0.3, 0.4) is 0 Å². The molecule has 4 aromatic rings. The molecule has 158 valence electrons. The van der Waals surface area contributed by atoms with Gasteiger partial charge in [-0.05, 0) is 53.6 Å². The highest BCUT2D eigenvalue weighted by atomic mass is 32.2. The first kappa shape index (κ1) is 20.9. The molecule has 8 heteroatoms. The van der Waals surface area contributed by atoms with Crippen LogP contribution >= 0.6 is 0 Å². The van der Waals surface area contributed by atoms with Crippen LogP contribution in [-0.2, 0) is 16.9 Å². The number of halogens is 2. The fourth-order valence-corrected chi connectivity index (χ4v) is 4.38. The quantitative estimate of drug-likeness (QED) is 0.444. The molecule has 0 aliphatic heterocycles. The fraction of sp³-hybridized carbons (Fsp3) is 0.130. The number of imidazole rings is 1. The summed E-state index contributed by atoms with van der Waals surface area (Å²) >= 11 is 0. The molecule has 0 radical (unpaired) electrons. The lowest BCUT2D eigenvalue weighted by Gasteiger charge is -2.12. The van der Waals surface area contributed by atoms with Crippen LogP contribution in [0.1, 0.15) is 6.92 Å². The van der Waals surface area contributed by atoms with Crippen LogP contribution in [0.2, 0.25) is 0 Å². The third-order valence-electron chi connectivity index (χ3n) is 5.09. The van der Waals surface area contributed by atoms with Gasteiger partial charge in [0.15, 0.2) is 15.7 Å². The smallest absolute Gasteiger partial charge is 0.180 e. The largest absolute Gasteiger partial charge is 0.326 e. The Bertz CT molecular complexity index is 1350. The summed E-state index contributed by atoms with van der Waals surface area (Å²) in [7, 11) is -1.88. The Balaban J connectivity index is 1.87. The summed E-state index contributed by atoms with van der Waals surface area (Å²) < 4.78 is 54.0. The third kappa shape index (κ3) is 3.98. The van der Waals surface area contributed by atoms with E-state index in [1.54, 1.807) is 61.3 Å². The number of hydrogen-bond donors (Lipinski definition) is 0. The second-order valence-electron chi connectivity index (χ2n) is 7.01. The molecule has 0 N–H and O–H groups in total. The zero-order chi connectivity index (χ0) is 22.2. The van der Waals surface area contributed by atoms with Crippen LogP contribution in [0, 0.1) is 11.6 Å². The van der Waals surface area contributed by atoms with Crippen LogP contribution < -0.4 is 0 Å². The van der Waals surface area contributed by atoms with Crippen molar-refractivity contribution < 1.29 is 17.2 Å². The highest BCUT2D eigenvalue weighted by Gasteiger charge is 2.23. The molecule has 0 aliphatic carbocycles. The van der Waals surface area contributed by atoms with E-state index in [1.807, 2.05) is 0 Å². The van der Waals surface area contributed by atoms with Gasteiger partial charge in [-0.1, -0.05) is 19.1 Å². The van der Waals surface area contributed by atoms with Crippen molar-refractivity contribution in [2.75, 3.05) is 5.75 Å². The fourth-order valence-electron chi connectivity index (χ4n) is 3.32. The SMILES string of the molecule is CCS(=O)(=O)c1cc(-c2ccc(F)cc2)cnc1-c1ncc(-c2ccc(F)cc2)n1C. The second kappa shape index (κ2) is 8.03. The molecule has 0 atom stereocenters. The summed E-state index contributed by atoms with van der Waals surface area (Å²) in [6.07, 6.45) is 3.14. The van der Waals surface area contributed by atoms with Gasteiger partial charge in [-0.2, -0.15) is 0 Å². The molecule has 0 bridgehead atoms. The molecule has 0 saturated carbocycles. The van der Waals surface area contributed by atoms with Crippen LogP contribution in [-0.4, -0.2) is 28.7 Å². The number of aromatic nitrogens is 3. The molecule has 2 heterocycles. The molecule has 0 unspecified atom stereocenters. The van der Waals surface area contributed by atoms with Gasteiger partial charge >= 0.3 is 0 Å². The van der Waals surface area contributed by atoms with Crippen molar-refractivity contribution in [1.82, 2.24) is 14.5 Å². The monoisotopic (exact) mass is 439 g/mol. The molecule has 4 rings (SSSR count). The van der Waals surface area contributed by atoms with Gasteiger partial charge in [0.1, 0.15) is 17.3 Å². The van der Waals surface area contributed by atoms with Crippen LogP contribution in [0.25, 0.3) is 33.9 Å².